The number of benzene rings is 2. The first kappa shape index (κ1) is 17.2. The summed E-state index contributed by atoms with van der Waals surface area (Å²) in [5.41, 5.74) is 1.80. The summed E-state index contributed by atoms with van der Waals surface area (Å²) in [6.45, 7) is 0.198. The van der Waals surface area contributed by atoms with Crippen LogP contribution in [0.25, 0.3) is 0 Å². The second kappa shape index (κ2) is 7.89. The number of aryl methyl sites for hydroxylation is 1. The number of carbonyl (C=O) groups is 1. The van der Waals surface area contributed by atoms with Gasteiger partial charge in [-0.15, -0.1) is 0 Å². The minimum absolute atomic E-state index is 0.198. The van der Waals surface area contributed by atoms with E-state index in [1.807, 2.05) is 24.3 Å². The lowest BCUT2D eigenvalue weighted by molar-refractivity contribution is -0.140. The Labute approximate surface area is 136 Å². The van der Waals surface area contributed by atoms with E-state index >= 15 is 0 Å². The SMILES string of the molecule is COC(=O)CCc1cccc(CNS(=O)(=O)c2ccccc2)c1. The van der Waals surface area contributed by atoms with Gasteiger partial charge in [-0.25, -0.2) is 13.1 Å². The molecule has 0 heterocycles. The lowest BCUT2D eigenvalue weighted by Gasteiger charge is -2.08. The van der Waals surface area contributed by atoms with Gasteiger partial charge in [-0.2, -0.15) is 0 Å². The van der Waals surface area contributed by atoms with Crippen LogP contribution in [0.2, 0.25) is 0 Å². The molecule has 0 aliphatic rings. The highest BCUT2D eigenvalue weighted by Gasteiger charge is 2.12. The Balaban J connectivity index is 1.99. The van der Waals surface area contributed by atoms with Crippen LogP contribution in [0.1, 0.15) is 17.5 Å². The molecule has 2 rings (SSSR count). The molecule has 23 heavy (non-hydrogen) atoms. The van der Waals surface area contributed by atoms with E-state index in [0.29, 0.717) is 12.8 Å². The Morgan fingerprint density at radius 2 is 1.74 bits per heavy atom. The monoisotopic (exact) mass is 333 g/mol. The van der Waals surface area contributed by atoms with E-state index in [2.05, 4.69) is 9.46 Å². The maximum Gasteiger partial charge on any atom is 0.305 e. The maximum atomic E-state index is 12.2. The highest BCUT2D eigenvalue weighted by molar-refractivity contribution is 7.89. The Hall–Kier alpha value is -2.18. The van der Waals surface area contributed by atoms with Gasteiger partial charge in [0, 0.05) is 13.0 Å². The van der Waals surface area contributed by atoms with Crippen molar-refractivity contribution < 1.29 is 17.9 Å². The summed E-state index contributed by atoms with van der Waals surface area (Å²) in [4.78, 5) is 11.4. The molecular weight excluding hydrogens is 314 g/mol. The fourth-order valence-electron chi connectivity index (χ4n) is 2.10. The highest BCUT2D eigenvalue weighted by Crippen LogP contribution is 2.11. The highest BCUT2D eigenvalue weighted by atomic mass is 32.2. The minimum atomic E-state index is -3.53. The first-order valence-corrected chi connectivity index (χ1v) is 8.69. The smallest absolute Gasteiger partial charge is 0.305 e. The summed E-state index contributed by atoms with van der Waals surface area (Å²) in [5.74, 6) is -0.264. The van der Waals surface area contributed by atoms with E-state index in [0.717, 1.165) is 11.1 Å². The van der Waals surface area contributed by atoms with Gasteiger partial charge in [0.05, 0.1) is 12.0 Å². The van der Waals surface area contributed by atoms with E-state index in [1.54, 1.807) is 30.3 Å². The van der Waals surface area contributed by atoms with Gasteiger partial charge < -0.3 is 4.74 Å². The number of hydrogen-bond acceptors (Lipinski definition) is 4. The van der Waals surface area contributed by atoms with Crippen LogP contribution < -0.4 is 4.72 Å². The van der Waals surface area contributed by atoms with Crippen molar-refractivity contribution in [2.45, 2.75) is 24.3 Å². The van der Waals surface area contributed by atoms with Crippen LogP contribution in [0.3, 0.4) is 0 Å². The molecule has 0 aromatic heterocycles. The lowest BCUT2D eigenvalue weighted by atomic mass is 10.1. The molecule has 0 amide bonds. The minimum Gasteiger partial charge on any atom is -0.469 e. The number of carbonyl (C=O) groups excluding carboxylic acids is 1. The molecule has 2 aromatic carbocycles. The average molecular weight is 333 g/mol. The fourth-order valence-corrected chi connectivity index (χ4v) is 3.14. The van der Waals surface area contributed by atoms with Crippen LogP contribution in [0, 0.1) is 0 Å². The standard InChI is InChI=1S/C17H19NO4S/c1-22-17(19)11-10-14-6-5-7-15(12-14)13-18-23(20,21)16-8-3-2-4-9-16/h2-9,12,18H,10-11,13H2,1H3. The van der Waals surface area contributed by atoms with Crippen LogP contribution in [0.4, 0.5) is 0 Å². The Morgan fingerprint density at radius 3 is 2.43 bits per heavy atom. The van der Waals surface area contributed by atoms with Gasteiger partial charge in [0.25, 0.3) is 0 Å². The van der Waals surface area contributed by atoms with Crippen molar-refractivity contribution in [2.75, 3.05) is 7.11 Å². The van der Waals surface area contributed by atoms with Crippen molar-refractivity contribution in [3.05, 3.63) is 65.7 Å². The quantitative estimate of drug-likeness (QED) is 0.789. The molecule has 2 aromatic rings. The molecule has 0 fully saturated rings. The zero-order valence-electron chi connectivity index (χ0n) is 12.9. The van der Waals surface area contributed by atoms with Crippen molar-refractivity contribution in [2.24, 2.45) is 0 Å². The number of rotatable bonds is 7. The topological polar surface area (TPSA) is 72.5 Å². The second-order valence-electron chi connectivity index (χ2n) is 5.03. The molecule has 0 aliphatic carbocycles. The molecular formula is C17H19NO4S. The van der Waals surface area contributed by atoms with Crippen LogP contribution in [-0.2, 0) is 32.5 Å². The van der Waals surface area contributed by atoms with Crippen LogP contribution >= 0.6 is 0 Å². The van der Waals surface area contributed by atoms with E-state index in [4.69, 9.17) is 0 Å². The molecule has 5 nitrogen and oxygen atoms in total. The molecule has 122 valence electrons. The van der Waals surface area contributed by atoms with Gasteiger partial charge in [0.15, 0.2) is 0 Å². The van der Waals surface area contributed by atoms with Crippen molar-refractivity contribution in [1.82, 2.24) is 4.72 Å². The second-order valence-corrected chi connectivity index (χ2v) is 6.80. The molecule has 0 atom stereocenters. The predicted molar refractivity (Wildman–Crippen MR) is 87.2 cm³/mol. The van der Waals surface area contributed by atoms with E-state index in [-0.39, 0.29) is 17.4 Å². The third kappa shape index (κ3) is 5.19. The first-order valence-electron chi connectivity index (χ1n) is 7.20. The van der Waals surface area contributed by atoms with Crippen molar-refractivity contribution in [3.8, 4) is 0 Å². The number of sulfonamides is 1. The first-order chi connectivity index (χ1) is 11.0. The van der Waals surface area contributed by atoms with Crippen molar-refractivity contribution in [1.29, 1.82) is 0 Å². The Bertz CT molecular complexity index is 757. The normalized spacial score (nSPS) is 11.2. The summed E-state index contributed by atoms with van der Waals surface area (Å²) >= 11 is 0. The Morgan fingerprint density at radius 1 is 1.04 bits per heavy atom. The van der Waals surface area contributed by atoms with Crippen LogP contribution in [0.15, 0.2) is 59.5 Å². The van der Waals surface area contributed by atoms with E-state index < -0.39 is 10.0 Å². The molecule has 1 N–H and O–H groups in total. The third-order valence-corrected chi connectivity index (χ3v) is 4.77. The van der Waals surface area contributed by atoms with Crippen LogP contribution in [0.5, 0.6) is 0 Å². The van der Waals surface area contributed by atoms with Gasteiger partial charge in [0.2, 0.25) is 10.0 Å². The molecule has 0 saturated carbocycles. The van der Waals surface area contributed by atoms with Gasteiger partial charge in [-0.3, -0.25) is 4.79 Å². The molecule has 6 heteroatoms. The number of ether oxygens (including phenoxy) is 1. The molecule has 0 spiro atoms. The van der Waals surface area contributed by atoms with Gasteiger partial charge in [-0.1, -0.05) is 42.5 Å². The summed E-state index contributed by atoms with van der Waals surface area (Å²) in [5, 5.41) is 0. The van der Waals surface area contributed by atoms with Crippen molar-refractivity contribution >= 4 is 16.0 Å². The Kier molecular flexibility index (Phi) is 5.90. The fraction of sp³-hybridized carbons (Fsp3) is 0.235. The van der Waals surface area contributed by atoms with Crippen LogP contribution in [-0.4, -0.2) is 21.5 Å². The van der Waals surface area contributed by atoms with Gasteiger partial charge in [0.1, 0.15) is 0 Å². The molecule has 0 radical (unpaired) electrons. The molecule has 0 unspecified atom stereocenters. The van der Waals surface area contributed by atoms with Gasteiger partial charge in [-0.05, 0) is 29.7 Å². The van der Waals surface area contributed by atoms with E-state index in [1.165, 1.54) is 7.11 Å². The molecule has 0 saturated heterocycles. The molecule has 0 aliphatic heterocycles. The van der Waals surface area contributed by atoms with E-state index in [9.17, 15) is 13.2 Å². The third-order valence-electron chi connectivity index (χ3n) is 3.36. The molecule has 0 bridgehead atoms. The largest absolute Gasteiger partial charge is 0.469 e. The van der Waals surface area contributed by atoms with Gasteiger partial charge >= 0.3 is 5.97 Å². The number of esters is 1. The summed E-state index contributed by atoms with van der Waals surface area (Å²) < 4.78 is 31.5. The summed E-state index contributed by atoms with van der Waals surface area (Å²) in [6.07, 6.45) is 0.863. The zero-order valence-corrected chi connectivity index (χ0v) is 13.7. The number of hydrogen-bond donors (Lipinski definition) is 1. The van der Waals surface area contributed by atoms with Crippen molar-refractivity contribution in [3.63, 3.8) is 0 Å². The average Bonchev–Trinajstić information content (AvgIpc) is 2.59. The summed E-state index contributed by atoms with van der Waals surface area (Å²) in [7, 11) is -2.17. The maximum absolute atomic E-state index is 12.2. The summed E-state index contributed by atoms with van der Waals surface area (Å²) in [6, 6.07) is 15.7. The number of nitrogens with one attached hydrogen (secondary N) is 1. The zero-order chi connectivity index (χ0) is 16.7. The number of methoxy groups -OCH3 is 1. The lowest BCUT2D eigenvalue weighted by Crippen LogP contribution is -2.23. The predicted octanol–water partition coefficient (Wildman–Crippen LogP) is 2.27.